The number of phenols is 1. The SMILES string of the molecule is CCCCn1c(O)c(C2=NN[C@H](c3cccc(O)c3)C2)c(=O)[nH]c1=O. The van der Waals surface area contributed by atoms with Crippen molar-refractivity contribution >= 4 is 5.71 Å². The predicted octanol–water partition coefficient (Wildman–Crippen LogP) is 1.19. The van der Waals surface area contributed by atoms with E-state index in [1.807, 2.05) is 13.0 Å². The maximum Gasteiger partial charge on any atom is 0.331 e. The van der Waals surface area contributed by atoms with Gasteiger partial charge in [0.1, 0.15) is 11.3 Å². The van der Waals surface area contributed by atoms with Crippen molar-refractivity contribution in [2.24, 2.45) is 5.10 Å². The first-order chi connectivity index (χ1) is 12.0. The summed E-state index contributed by atoms with van der Waals surface area (Å²) < 4.78 is 1.16. The van der Waals surface area contributed by atoms with E-state index in [4.69, 9.17) is 0 Å². The van der Waals surface area contributed by atoms with Crippen LogP contribution in [0.25, 0.3) is 0 Å². The van der Waals surface area contributed by atoms with Crippen LogP contribution in [0.5, 0.6) is 11.6 Å². The van der Waals surface area contributed by atoms with Gasteiger partial charge in [-0.2, -0.15) is 5.10 Å². The van der Waals surface area contributed by atoms with Crippen molar-refractivity contribution in [1.29, 1.82) is 0 Å². The van der Waals surface area contributed by atoms with Crippen LogP contribution in [0.15, 0.2) is 39.0 Å². The van der Waals surface area contributed by atoms with Crippen LogP contribution in [0.3, 0.4) is 0 Å². The van der Waals surface area contributed by atoms with Gasteiger partial charge in [0, 0.05) is 13.0 Å². The maximum absolute atomic E-state index is 12.2. The summed E-state index contributed by atoms with van der Waals surface area (Å²) in [5, 5.41) is 24.2. The zero-order valence-electron chi connectivity index (χ0n) is 13.8. The lowest BCUT2D eigenvalue weighted by Gasteiger charge is -2.12. The fraction of sp³-hybridized carbons (Fsp3) is 0.353. The van der Waals surface area contributed by atoms with Gasteiger partial charge < -0.3 is 15.6 Å². The highest BCUT2D eigenvalue weighted by Gasteiger charge is 2.27. The minimum Gasteiger partial charge on any atom is -0.508 e. The van der Waals surface area contributed by atoms with Crippen LogP contribution in [0.4, 0.5) is 0 Å². The summed E-state index contributed by atoms with van der Waals surface area (Å²) in [7, 11) is 0. The number of phenolic OH excluding ortho intramolecular Hbond substituents is 1. The molecule has 1 aliphatic rings. The highest BCUT2D eigenvalue weighted by atomic mass is 16.3. The third-order valence-corrected chi connectivity index (χ3v) is 4.22. The van der Waals surface area contributed by atoms with E-state index in [-0.39, 0.29) is 23.2 Å². The molecule has 0 radical (unpaired) electrons. The fourth-order valence-electron chi connectivity index (χ4n) is 2.88. The van der Waals surface area contributed by atoms with Crippen molar-refractivity contribution in [3.63, 3.8) is 0 Å². The first kappa shape index (κ1) is 16.8. The van der Waals surface area contributed by atoms with Gasteiger partial charge >= 0.3 is 5.69 Å². The Hall–Kier alpha value is -3.03. The average Bonchev–Trinajstić information content (AvgIpc) is 3.04. The summed E-state index contributed by atoms with van der Waals surface area (Å²) in [5.74, 6) is -0.221. The van der Waals surface area contributed by atoms with Crippen molar-refractivity contribution in [3.05, 3.63) is 56.2 Å². The number of hydrogen-bond acceptors (Lipinski definition) is 6. The second-order valence-corrected chi connectivity index (χ2v) is 6.00. The van der Waals surface area contributed by atoms with Crippen LogP contribution >= 0.6 is 0 Å². The number of benzene rings is 1. The molecule has 0 unspecified atom stereocenters. The molecule has 1 atom stereocenters. The number of H-pyrrole nitrogens is 1. The lowest BCUT2D eigenvalue weighted by Crippen LogP contribution is -2.33. The zero-order chi connectivity index (χ0) is 18.0. The van der Waals surface area contributed by atoms with Crippen molar-refractivity contribution in [1.82, 2.24) is 15.0 Å². The Morgan fingerprint density at radius 2 is 2.12 bits per heavy atom. The number of aromatic nitrogens is 2. The topological polar surface area (TPSA) is 120 Å². The van der Waals surface area contributed by atoms with Gasteiger partial charge in [0.05, 0.1) is 11.8 Å². The van der Waals surface area contributed by atoms with Crippen molar-refractivity contribution < 1.29 is 10.2 Å². The van der Waals surface area contributed by atoms with E-state index in [0.717, 1.165) is 16.6 Å². The summed E-state index contributed by atoms with van der Waals surface area (Å²) in [6.07, 6.45) is 1.91. The Morgan fingerprint density at radius 3 is 2.84 bits per heavy atom. The van der Waals surface area contributed by atoms with E-state index in [0.29, 0.717) is 25.1 Å². The number of nitrogens with one attached hydrogen (secondary N) is 2. The smallest absolute Gasteiger partial charge is 0.331 e. The van der Waals surface area contributed by atoms with E-state index in [9.17, 15) is 19.8 Å². The molecule has 1 aromatic carbocycles. The number of rotatable bonds is 5. The monoisotopic (exact) mass is 344 g/mol. The number of aromatic hydroxyl groups is 2. The molecule has 0 amide bonds. The van der Waals surface area contributed by atoms with Gasteiger partial charge in [-0.25, -0.2) is 4.79 Å². The molecule has 1 aromatic heterocycles. The molecular weight excluding hydrogens is 324 g/mol. The molecule has 2 aromatic rings. The number of aromatic amines is 1. The zero-order valence-corrected chi connectivity index (χ0v) is 13.8. The maximum atomic E-state index is 12.2. The van der Waals surface area contributed by atoms with Crippen molar-refractivity contribution in [2.45, 2.75) is 38.8 Å². The number of unbranched alkanes of at least 4 members (excludes halogenated alkanes) is 1. The summed E-state index contributed by atoms with van der Waals surface area (Å²) in [6, 6.07) is 6.52. The van der Waals surface area contributed by atoms with E-state index in [1.165, 1.54) is 0 Å². The second-order valence-electron chi connectivity index (χ2n) is 6.00. The van der Waals surface area contributed by atoms with Crippen molar-refractivity contribution in [2.75, 3.05) is 0 Å². The molecule has 3 rings (SSSR count). The second kappa shape index (κ2) is 6.84. The Balaban J connectivity index is 1.92. The molecule has 8 nitrogen and oxygen atoms in total. The molecular formula is C17H20N4O4. The quantitative estimate of drug-likeness (QED) is 0.649. The molecule has 0 saturated heterocycles. The highest BCUT2D eigenvalue weighted by molar-refractivity contribution is 6.03. The van der Waals surface area contributed by atoms with Gasteiger partial charge in [-0.15, -0.1) is 0 Å². The molecule has 0 saturated carbocycles. The average molecular weight is 344 g/mol. The largest absolute Gasteiger partial charge is 0.508 e. The van der Waals surface area contributed by atoms with Gasteiger partial charge in [0.25, 0.3) is 5.56 Å². The van der Waals surface area contributed by atoms with Gasteiger partial charge in [-0.05, 0) is 24.1 Å². The van der Waals surface area contributed by atoms with Gasteiger partial charge in [-0.3, -0.25) is 14.3 Å². The van der Waals surface area contributed by atoms with Crippen LogP contribution in [-0.2, 0) is 6.54 Å². The molecule has 0 aliphatic carbocycles. The Bertz CT molecular complexity index is 929. The molecule has 0 fully saturated rings. The van der Waals surface area contributed by atoms with Gasteiger partial charge in [0.15, 0.2) is 0 Å². The van der Waals surface area contributed by atoms with Crippen LogP contribution in [-0.4, -0.2) is 25.5 Å². The summed E-state index contributed by atoms with van der Waals surface area (Å²) in [4.78, 5) is 26.4. The van der Waals surface area contributed by atoms with E-state index >= 15 is 0 Å². The minimum atomic E-state index is -0.660. The number of nitrogens with zero attached hydrogens (tertiary/aromatic N) is 2. The molecule has 25 heavy (non-hydrogen) atoms. The van der Waals surface area contributed by atoms with Crippen molar-refractivity contribution in [3.8, 4) is 11.6 Å². The molecule has 4 N–H and O–H groups in total. The molecule has 8 heteroatoms. The highest BCUT2D eigenvalue weighted by Crippen LogP contribution is 2.27. The molecule has 0 bridgehead atoms. The van der Waals surface area contributed by atoms with Crippen LogP contribution in [0.1, 0.15) is 43.4 Å². The minimum absolute atomic E-state index is 0.00542. The lowest BCUT2D eigenvalue weighted by molar-refractivity contribution is 0.394. The number of hydrogen-bond donors (Lipinski definition) is 4. The Morgan fingerprint density at radius 1 is 1.32 bits per heavy atom. The third kappa shape index (κ3) is 3.28. The Kier molecular flexibility index (Phi) is 4.60. The van der Waals surface area contributed by atoms with E-state index in [1.54, 1.807) is 18.2 Å². The molecule has 2 heterocycles. The van der Waals surface area contributed by atoms with Gasteiger partial charge in [-0.1, -0.05) is 25.5 Å². The van der Waals surface area contributed by atoms with Crippen LogP contribution in [0, 0.1) is 0 Å². The van der Waals surface area contributed by atoms with Crippen LogP contribution in [0.2, 0.25) is 0 Å². The third-order valence-electron chi connectivity index (χ3n) is 4.22. The van der Waals surface area contributed by atoms with E-state index in [2.05, 4.69) is 15.5 Å². The summed E-state index contributed by atoms with van der Waals surface area (Å²) in [5.41, 5.74) is 2.81. The predicted molar refractivity (Wildman–Crippen MR) is 93.0 cm³/mol. The first-order valence-corrected chi connectivity index (χ1v) is 8.18. The van der Waals surface area contributed by atoms with Gasteiger partial charge in [0.2, 0.25) is 5.88 Å². The Labute approximate surface area is 143 Å². The molecule has 0 spiro atoms. The molecule has 132 valence electrons. The molecule has 1 aliphatic heterocycles. The standard InChI is InChI=1S/C17H20N4O4/c1-2-3-7-21-16(24)14(15(23)18-17(21)25)13-9-12(19-20-13)10-5-4-6-11(22)8-10/h4-6,8,12,19,22,24H,2-3,7,9H2,1H3,(H,18,23,25)/t12-/m0/s1. The lowest BCUT2D eigenvalue weighted by atomic mass is 10.00. The first-order valence-electron chi connectivity index (χ1n) is 8.18. The number of hydrazone groups is 1. The summed E-state index contributed by atoms with van der Waals surface area (Å²) in [6.45, 7) is 2.29. The fourth-order valence-corrected chi connectivity index (χ4v) is 2.88. The van der Waals surface area contributed by atoms with Crippen LogP contribution < -0.4 is 16.7 Å². The summed E-state index contributed by atoms with van der Waals surface area (Å²) >= 11 is 0. The van der Waals surface area contributed by atoms with E-state index < -0.39 is 11.2 Å². The normalized spacial score (nSPS) is 16.5.